The molecular weight excluding hydrogens is 274 g/mol. The van der Waals surface area contributed by atoms with Gasteiger partial charge >= 0.3 is 0 Å². The van der Waals surface area contributed by atoms with E-state index in [-0.39, 0.29) is 0 Å². The van der Waals surface area contributed by atoms with Crippen LogP contribution in [0.1, 0.15) is 47.5 Å². The molecule has 0 aromatic heterocycles. The highest BCUT2D eigenvalue weighted by Crippen LogP contribution is 2.48. The van der Waals surface area contributed by atoms with E-state index in [1.165, 1.54) is 6.42 Å². The molecule has 3 nitrogen and oxygen atoms in total. The first-order chi connectivity index (χ1) is 10.8. The van der Waals surface area contributed by atoms with E-state index < -0.39 is 5.97 Å². The second-order valence-corrected chi connectivity index (χ2v) is 6.63. The van der Waals surface area contributed by atoms with Crippen LogP contribution >= 0.6 is 0 Å². The summed E-state index contributed by atoms with van der Waals surface area (Å²) >= 11 is 0. The van der Waals surface area contributed by atoms with Gasteiger partial charge in [-0.1, -0.05) is 42.5 Å². The third-order valence-corrected chi connectivity index (χ3v) is 5.48. The highest BCUT2D eigenvalue weighted by Gasteiger charge is 2.41. The van der Waals surface area contributed by atoms with E-state index in [9.17, 15) is 9.90 Å². The Hall–Kier alpha value is -2.03. The second kappa shape index (κ2) is 5.31. The fourth-order valence-electron chi connectivity index (χ4n) is 4.44. The van der Waals surface area contributed by atoms with Crippen LogP contribution in [0.2, 0.25) is 0 Å². The Kier molecular flexibility index (Phi) is 3.29. The lowest BCUT2D eigenvalue weighted by Gasteiger charge is -2.42. The van der Waals surface area contributed by atoms with Gasteiger partial charge in [-0.2, -0.15) is 0 Å². The molecule has 2 aliphatic carbocycles. The van der Waals surface area contributed by atoms with Gasteiger partial charge in [0, 0.05) is 23.2 Å². The van der Waals surface area contributed by atoms with Gasteiger partial charge in [0.05, 0.1) is 5.97 Å². The van der Waals surface area contributed by atoms with Gasteiger partial charge in [-0.3, -0.25) is 0 Å². The van der Waals surface area contributed by atoms with Crippen molar-refractivity contribution in [1.82, 2.24) is 0 Å². The number of carbonyl (C=O) groups is 1. The van der Waals surface area contributed by atoms with E-state index in [2.05, 4.69) is 35.7 Å². The van der Waals surface area contributed by atoms with Crippen LogP contribution in [0.4, 0.5) is 5.69 Å². The molecule has 4 rings (SSSR count). The molecular formula is C19H20NO2-. The van der Waals surface area contributed by atoms with Crippen LogP contribution in [0.15, 0.2) is 42.5 Å². The van der Waals surface area contributed by atoms with Crippen molar-refractivity contribution in [2.75, 3.05) is 5.32 Å². The third-order valence-electron chi connectivity index (χ3n) is 5.48. The maximum absolute atomic E-state index is 11.5. The molecule has 0 saturated carbocycles. The zero-order chi connectivity index (χ0) is 15.1. The smallest absolute Gasteiger partial charge is 0.0736 e. The van der Waals surface area contributed by atoms with E-state index in [0.717, 1.165) is 30.5 Å². The molecule has 114 valence electrons. The van der Waals surface area contributed by atoms with Crippen LogP contribution in [0.5, 0.6) is 0 Å². The number of rotatable bonds is 2. The number of hydrogen-bond donors (Lipinski definition) is 1. The maximum atomic E-state index is 11.5. The lowest BCUT2D eigenvalue weighted by atomic mass is 9.71. The first-order valence-electron chi connectivity index (χ1n) is 8.18. The average molecular weight is 294 g/mol. The number of benzene rings is 1. The number of allylic oxidation sites excluding steroid dienone is 4. The molecule has 3 heteroatoms. The largest absolute Gasteiger partial charge is 0.545 e. The molecule has 1 N–H and O–H groups in total. The lowest BCUT2D eigenvalue weighted by Crippen LogP contribution is -2.42. The Balaban J connectivity index is 1.76. The maximum Gasteiger partial charge on any atom is 0.0736 e. The molecule has 0 spiro atoms. The molecule has 4 atom stereocenters. The highest BCUT2D eigenvalue weighted by molar-refractivity contribution is 5.94. The van der Waals surface area contributed by atoms with Crippen LogP contribution in [0.3, 0.4) is 0 Å². The molecule has 0 unspecified atom stereocenters. The molecule has 1 heterocycles. The number of para-hydroxylation sites is 1. The average Bonchev–Trinajstić information content (AvgIpc) is 3.04. The van der Waals surface area contributed by atoms with Crippen molar-refractivity contribution in [1.29, 1.82) is 0 Å². The highest BCUT2D eigenvalue weighted by atomic mass is 16.4. The van der Waals surface area contributed by atoms with Gasteiger partial charge in [-0.25, -0.2) is 0 Å². The lowest BCUT2D eigenvalue weighted by molar-refractivity contribution is -0.254. The molecule has 0 radical (unpaired) electrons. The van der Waals surface area contributed by atoms with Crippen LogP contribution in [-0.4, -0.2) is 12.0 Å². The van der Waals surface area contributed by atoms with E-state index in [0.29, 0.717) is 29.4 Å². The Morgan fingerprint density at radius 3 is 2.86 bits per heavy atom. The predicted octanol–water partition coefficient (Wildman–Crippen LogP) is 2.86. The number of carbonyl (C=O) groups excluding carboxylic acids is 1. The van der Waals surface area contributed by atoms with Crippen LogP contribution < -0.4 is 10.4 Å². The molecule has 0 bridgehead atoms. The fraction of sp³-hybridized carbons (Fsp3) is 0.421. The summed E-state index contributed by atoms with van der Waals surface area (Å²) in [6.07, 6.45) is 13.5. The van der Waals surface area contributed by atoms with Gasteiger partial charge in [0.15, 0.2) is 0 Å². The zero-order valence-electron chi connectivity index (χ0n) is 12.5. The van der Waals surface area contributed by atoms with E-state index in [1.807, 2.05) is 6.07 Å². The van der Waals surface area contributed by atoms with E-state index in [1.54, 1.807) is 6.07 Å². The van der Waals surface area contributed by atoms with Gasteiger partial charge in [0.1, 0.15) is 0 Å². The van der Waals surface area contributed by atoms with Crippen molar-refractivity contribution in [3.05, 3.63) is 53.6 Å². The molecule has 22 heavy (non-hydrogen) atoms. The van der Waals surface area contributed by atoms with Crippen LogP contribution in [0, 0.1) is 11.8 Å². The van der Waals surface area contributed by atoms with Crippen molar-refractivity contribution >= 4 is 11.7 Å². The first kappa shape index (κ1) is 13.6. The summed E-state index contributed by atoms with van der Waals surface area (Å²) < 4.78 is 0. The molecule has 3 aliphatic rings. The molecule has 0 saturated heterocycles. The van der Waals surface area contributed by atoms with Gasteiger partial charge in [0.2, 0.25) is 0 Å². The second-order valence-electron chi connectivity index (χ2n) is 6.63. The van der Waals surface area contributed by atoms with Crippen LogP contribution in [-0.2, 0) is 0 Å². The Morgan fingerprint density at radius 2 is 2.09 bits per heavy atom. The van der Waals surface area contributed by atoms with Crippen LogP contribution in [0.25, 0.3) is 0 Å². The standard InChI is InChI=1S/C19H21NO2/c21-19(22)16-11-5-10-15-13-8-4-9-14(13)17(20-18(15)16)12-6-2-1-3-7-12/h1-2,4-5,8,10-14,17,20H,3,6-7,9H2,(H,21,22)/p-1/t12-,13+,14+,17+/m0/s1. The molecule has 0 amide bonds. The summed E-state index contributed by atoms with van der Waals surface area (Å²) in [5.74, 6) is 0.375. The summed E-state index contributed by atoms with van der Waals surface area (Å²) in [7, 11) is 0. The SMILES string of the molecule is O=C([O-])c1cccc2c1N[C@H]([C@H]1CC=CCC1)[C@@H]1CC=C[C@@H]21. The van der Waals surface area contributed by atoms with E-state index >= 15 is 0 Å². The molecule has 1 aliphatic heterocycles. The molecule has 0 fully saturated rings. The van der Waals surface area contributed by atoms with Crippen molar-refractivity contribution in [2.24, 2.45) is 11.8 Å². The monoisotopic (exact) mass is 294 g/mol. The third kappa shape index (κ3) is 2.07. The van der Waals surface area contributed by atoms with E-state index in [4.69, 9.17) is 0 Å². The number of carboxylic acids is 1. The topological polar surface area (TPSA) is 52.2 Å². The number of aromatic carboxylic acids is 1. The molecule has 1 aromatic carbocycles. The Labute approximate surface area is 130 Å². The predicted molar refractivity (Wildman–Crippen MR) is 84.7 cm³/mol. The summed E-state index contributed by atoms with van der Waals surface area (Å²) in [5, 5.41) is 15.1. The zero-order valence-corrected chi connectivity index (χ0v) is 12.5. The van der Waals surface area contributed by atoms with Crippen molar-refractivity contribution in [2.45, 2.75) is 37.6 Å². The Bertz CT molecular complexity index is 661. The number of hydrogen-bond acceptors (Lipinski definition) is 3. The van der Waals surface area contributed by atoms with Gasteiger partial charge < -0.3 is 15.2 Å². The number of fused-ring (bicyclic) bond motifs is 3. The minimum Gasteiger partial charge on any atom is -0.545 e. The quantitative estimate of drug-likeness (QED) is 0.853. The number of carboxylic acid groups (broad SMARTS) is 1. The van der Waals surface area contributed by atoms with Gasteiger partial charge in [-0.05, 0) is 43.1 Å². The molecule has 1 aromatic rings. The summed E-state index contributed by atoms with van der Waals surface area (Å²) in [6.45, 7) is 0. The normalized spacial score (nSPS) is 32.2. The minimum absolute atomic E-state index is 0.299. The summed E-state index contributed by atoms with van der Waals surface area (Å²) in [5.41, 5.74) is 2.20. The van der Waals surface area contributed by atoms with Crippen molar-refractivity contribution in [3.8, 4) is 0 Å². The fourth-order valence-corrected chi connectivity index (χ4v) is 4.44. The van der Waals surface area contributed by atoms with Crippen molar-refractivity contribution in [3.63, 3.8) is 0 Å². The minimum atomic E-state index is -1.09. The summed E-state index contributed by atoms with van der Waals surface area (Å²) in [6, 6.07) is 5.88. The Morgan fingerprint density at radius 1 is 1.18 bits per heavy atom. The van der Waals surface area contributed by atoms with Gasteiger partial charge in [-0.15, -0.1) is 0 Å². The number of nitrogens with one attached hydrogen (secondary N) is 1. The van der Waals surface area contributed by atoms with Crippen molar-refractivity contribution < 1.29 is 9.90 Å². The first-order valence-corrected chi connectivity index (χ1v) is 8.18. The summed E-state index contributed by atoms with van der Waals surface area (Å²) in [4.78, 5) is 11.5. The van der Waals surface area contributed by atoms with Gasteiger partial charge in [0.25, 0.3) is 0 Å². The number of anilines is 1.